The number of thioether (sulfide) groups is 1. The normalized spacial score (nSPS) is 10.8. The van der Waals surface area contributed by atoms with E-state index in [9.17, 15) is 0 Å². The Bertz CT molecular complexity index is 479. The summed E-state index contributed by atoms with van der Waals surface area (Å²) in [4.78, 5) is 4.30. The van der Waals surface area contributed by atoms with Gasteiger partial charge in [0.05, 0.1) is 0 Å². The molecule has 1 aromatic carbocycles. The highest BCUT2D eigenvalue weighted by atomic mass is 32.2. The lowest BCUT2D eigenvalue weighted by atomic mass is 10.2. The molecule has 0 saturated heterocycles. The molecule has 0 N–H and O–H groups in total. The molecule has 0 fully saturated rings. The number of nitrogens with zero attached hydrogens (tertiary/aromatic N) is 3. The molecular weight excluding hydrogens is 242 g/mol. The molecule has 0 bridgehead atoms. The predicted molar refractivity (Wildman–Crippen MR) is 76.7 cm³/mol. The molecule has 0 aliphatic heterocycles. The summed E-state index contributed by atoms with van der Waals surface area (Å²) in [5.74, 6) is 4.13. The van der Waals surface area contributed by atoms with Gasteiger partial charge < -0.3 is 0 Å². The van der Waals surface area contributed by atoms with E-state index < -0.39 is 0 Å². The highest BCUT2D eigenvalue weighted by molar-refractivity contribution is 7.98. The molecule has 0 saturated carbocycles. The van der Waals surface area contributed by atoms with E-state index in [2.05, 4.69) is 40.4 Å². The van der Waals surface area contributed by atoms with E-state index in [1.54, 1.807) is 0 Å². The van der Waals surface area contributed by atoms with E-state index >= 15 is 0 Å². The first kappa shape index (κ1) is 13.1. The third-order valence-electron chi connectivity index (χ3n) is 2.73. The Morgan fingerprint density at radius 1 is 1.17 bits per heavy atom. The summed E-state index contributed by atoms with van der Waals surface area (Å²) in [7, 11) is 0. The van der Waals surface area contributed by atoms with Crippen molar-refractivity contribution in [3.05, 3.63) is 47.5 Å². The highest BCUT2D eigenvalue weighted by Crippen LogP contribution is 2.13. The van der Waals surface area contributed by atoms with Gasteiger partial charge >= 0.3 is 0 Å². The monoisotopic (exact) mass is 261 g/mol. The quantitative estimate of drug-likeness (QED) is 0.748. The van der Waals surface area contributed by atoms with Gasteiger partial charge in [0.15, 0.2) is 0 Å². The SMILES string of the molecule is Cc1nc(C)n(CCCSCc2ccccc2)n1. The highest BCUT2D eigenvalue weighted by Gasteiger charge is 2.01. The zero-order valence-electron chi connectivity index (χ0n) is 11.0. The van der Waals surface area contributed by atoms with Crippen LogP contribution >= 0.6 is 11.8 Å². The van der Waals surface area contributed by atoms with Crippen LogP contribution in [0.25, 0.3) is 0 Å². The molecule has 0 amide bonds. The third kappa shape index (κ3) is 3.88. The predicted octanol–water partition coefficient (Wildman–Crippen LogP) is 3.22. The lowest BCUT2D eigenvalue weighted by Crippen LogP contribution is -2.03. The first-order valence-electron chi connectivity index (χ1n) is 6.25. The number of hydrogen-bond donors (Lipinski definition) is 0. The summed E-state index contributed by atoms with van der Waals surface area (Å²) in [5, 5.41) is 4.36. The van der Waals surface area contributed by atoms with Gasteiger partial charge in [0.25, 0.3) is 0 Å². The fraction of sp³-hybridized carbons (Fsp3) is 0.429. The minimum absolute atomic E-state index is 0.865. The Hall–Kier alpha value is -1.29. The van der Waals surface area contributed by atoms with Gasteiger partial charge in [-0.15, -0.1) is 0 Å². The Balaban J connectivity index is 1.66. The molecule has 0 aliphatic carbocycles. The largest absolute Gasteiger partial charge is 0.250 e. The molecule has 1 aromatic heterocycles. The summed E-state index contributed by atoms with van der Waals surface area (Å²) in [5.41, 5.74) is 1.40. The van der Waals surface area contributed by atoms with E-state index in [-0.39, 0.29) is 0 Å². The van der Waals surface area contributed by atoms with Gasteiger partial charge in [0.1, 0.15) is 11.6 Å². The minimum Gasteiger partial charge on any atom is -0.250 e. The second kappa shape index (κ2) is 6.59. The lowest BCUT2D eigenvalue weighted by Gasteiger charge is -2.03. The third-order valence-corrected chi connectivity index (χ3v) is 3.85. The second-order valence-corrected chi connectivity index (χ2v) is 5.43. The van der Waals surface area contributed by atoms with Gasteiger partial charge in [-0.2, -0.15) is 16.9 Å². The molecule has 0 atom stereocenters. The second-order valence-electron chi connectivity index (χ2n) is 4.32. The molecule has 96 valence electrons. The molecule has 0 spiro atoms. The summed E-state index contributed by atoms with van der Waals surface area (Å²) in [6.07, 6.45) is 1.14. The summed E-state index contributed by atoms with van der Waals surface area (Å²) in [6.45, 7) is 4.92. The van der Waals surface area contributed by atoms with Gasteiger partial charge in [-0.25, -0.2) is 4.98 Å². The van der Waals surface area contributed by atoms with Crippen molar-refractivity contribution in [1.82, 2.24) is 14.8 Å². The summed E-state index contributed by atoms with van der Waals surface area (Å²) >= 11 is 1.98. The molecule has 0 unspecified atom stereocenters. The number of aromatic nitrogens is 3. The van der Waals surface area contributed by atoms with Crippen molar-refractivity contribution in [2.45, 2.75) is 32.6 Å². The molecule has 4 heteroatoms. The van der Waals surface area contributed by atoms with Crippen molar-refractivity contribution >= 4 is 11.8 Å². The Kier molecular flexibility index (Phi) is 4.81. The van der Waals surface area contributed by atoms with E-state index in [1.807, 2.05) is 30.3 Å². The first-order valence-corrected chi connectivity index (χ1v) is 7.41. The van der Waals surface area contributed by atoms with E-state index in [1.165, 1.54) is 5.56 Å². The summed E-state index contributed by atoms with van der Waals surface area (Å²) in [6, 6.07) is 10.6. The van der Waals surface area contributed by atoms with Crippen molar-refractivity contribution in [2.24, 2.45) is 0 Å². The van der Waals surface area contributed by atoms with Gasteiger partial charge in [-0.05, 0) is 31.6 Å². The van der Waals surface area contributed by atoms with E-state index in [0.717, 1.165) is 36.1 Å². The van der Waals surface area contributed by atoms with Gasteiger partial charge in [0.2, 0.25) is 0 Å². The maximum Gasteiger partial charge on any atom is 0.147 e. The van der Waals surface area contributed by atoms with E-state index in [0.29, 0.717) is 0 Å². The Morgan fingerprint density at radius 3 is 2.61 bits per heavy atom. The van der Waals surface area contributed by atoms with Crippen LogP contribution < -0.4 is 0 Å². The average molecular weight is 261 g/mol. The standard InChI is InChI=1S/C14H19N3S/c1-12-15-13(2)17(16-12)9-6-10-18-11-14-7-4-3-5-8-14/h3-5,7-8H,6,9-11H2,1-2H3. The topological polar surface area (TPSA) is 30.7 Å². The van der Waals surface area contributed by atoms with Crippen LogP contribution in [0.1, 0.15) is 23.6 Å². The molecule has 2 rings (SSSR count). The van der Waals surface area contributed by atoms with Crippen LogP contribution in [0.5, 0.6) is 0 Å². The van der Waals surface area contributed by atoms with Crippen molar-refractivity contribution in [2.75, 3.05) is 5.75 Å². The number of hydrogen-bond acceptors (Lipinski definition) is 3. The van der Waals surface area contributed by atoms with Crippen molar-refractivity contribution in [1.29, 1.82) is 0 Å². The number of aryl methyl sites for hydroxylation is 3. The van der Waals surface area contributed by atoms with Gasteiger partial charge in [-0.1, -0.05) is 30.3 Å². The van der Waals surface area contributed by atoms with Crippen LogP contribution in [0, 0.1) is 13.8 Å². The van der Waals surface area contributed by atoms with Crippen molar-refractivity contribution < 1.29 is 0 Å². The van der Waals surface area contributed by atoms with Crippen LogP contribution in [0.4, 0.5) is 0 Å². The van der Waals surface area contributed by atoms with Crippen LogP contribution in [-0.2, 0) is 12.3 Å². The van der Waals surface area contributed by atoms with Crippen molar-refractivity contribution in [3.63, 3.8) is 0 Å². The van der Waals surface area contributed by atoms with Crippen LogP contribution in [-0.4, -0.2) is 20.5 Å². The van der Waals surface area contributed by atoms with Crippen LogP contribution in [0.2, 0.25) is 0 Å². The minimum atomic E-state index is 0.865. The molecular formula is C14H19N3S. The first-order chi connectivity index (χ1) is 8.75. The molecule has 0 radical (unpaired) electrons. The Morgan fingerprint density at radius 2 is 1.94 bits per heavy atom. The fourth-order valence-corrected chi connectivity index (χ4v) is 2.76. The van der Waals surface area contributed by atoms with Crippen LogP contribution in [0.15, 0.2) is 30.3 Å². The molecule has 1 heterocycles. The average Bonchev–Trinajstić information content (AvgIpc) is 2.69. The maximum absolute atomic E-state index is 4.36. The van der Waals surface area contributed by atoms with Crippen molar-refractivity contribution in [3.8, 4) is 0 Å². The smallest absolute Gasteiger partial charge is 0.147 e. The Labute approximate surface area is 113 Å². The zero-order chi connectivity index (χ0) is 12.8. The lowest BCUT2D eigenvalue weighted by molar-refractivity contribution is 0.584. The molecule has 0 aliphatic rings. The number of rotatable bonds is 6. The van der Waals surface area contributed by atoms with E-state index in [4.69, 9.17) is 0 Å². The van der Waals surface area contributed by atoms with Gasteiger partial charge in [-0.3, -0.25) is 4.68 Å². The maximum atomic E-state index is 4.36. The number of benzene rings is 1. The molecule has 2 aromatic rings. The summed E-state index contributed by atoms with van der Waals surface area (Å²) < 4.78 is 2.00. The van der Waals surface area contributed by atoms with Gasteiger partial charge in [0, 0.05) is 12.3 Å². The molecule has 18 heavy (non-hydrogen) atoms. The fourth-order valence-electron chi connectivity index (χ4n) is 1.85. The van der Waals surface area contributed by atoms with Crippen LogP contribution in [0.3, 0.4) is 0 Å². The molecule has 3 nitrogen and oxygen atoms in total. The zero-order valence-corrected chi connectivity index (χ0v) is 11.8.